The van der Waals surface area contributed by atoms with E-state index in [2.05, 4.69) is 23.4 Å². The molecular weight excluding hydrogens is 492 g/mol. The van der Waals surface area contributed by atoms with Crippen LogP contribution in [0.1, 0.15) is 28.5 Å². The van der Waals surface area contributed by atoms with Crippen molar-refractivity contribution in [2.45, 2.75) is 31.2 Å². The lowest BCUT2D eigenvalue weighted by molar-refractivity contribution is -0.116. The molecule has 0 saturated heterocycles. The molecule has 6 nitrogen and oxygen atoms in total. The molecule has 2 heterocycles. The van der Waals surface area contributed by atoms with Crippen molar-refractivity contribution in [1.82, 2.24) is 9.78 Å². The number of nitrogens with one attached hydrogen (secondary N) is 1. The van der Waals surface area contributed by atoms with Gasteiger partial charge < -0.3 is 10.2 Å². The number of para-hydroxylation sites is 3. The van der Waals surface area contributed by atoms with Gasteiger partial charge in [0, 0.05) is 16.6 Å². The summed E-state index contributed by atoms with van der Waals surface area (Å²) >= 11 is 7.99. The van der Waals surface area contributed by atoms with Crippen LogP contribution in [0, 0.1) is 6.92 Å². The molecule has 1 atom stereocenters. The van der Waals surface area contributed by atoms with Crippen molar-refractivity contribution in [1.29, 1.82) is 0 Å². The van der Waals surface area contributed by atoms with Crippen LogP contribution in [-0.2, 0) is 11.2 Å². The zero-order valence-corrected chi connectivity index (χ0v) is 21.5. The van der Waals surface area contributed by atoms with Crippen LogP contribution in [0.2, 0.25) is 5.15 Å². The first-order valence-corrected chi connectivity index (χ1v) is 13.0. The summed E-state index contributed by atoms with van der Waals surface area (Å²) in [5.74, 6) is -0.0418. The number of anilines is 2. The van der Waals surface area contributed by atoms with E-state index in [-0.39, 0.29) is 28.8 Å². The van der Waals surface area contributed by atoms with Crippen LogP contribution in [0.4, 0.5) is 11.4 Å². The normalized spacial score (nSPS) is 14.5. The molecule has 0 aliphatic carbocycles. The van der Waals surface area contributed by atoms with Gasteiger partial charge in [0.1, 0.15) is 10.7 Å². The number of amides is 2. The standard InChI is InChI=1S/C28H25ClN4O2S/c1-18-16-20-10-6-8-14-23(20)32(18)25(34)17-36-24-15-9-7-13-22(24)30-28(35)26-19(2)31-33(27(26)29)21-11-4-3-5-12-21/h3-15,18H,16-17H2,1-2H3,(H,30,35). The minimum absolute atomic E-state index is 0.0432. The topological polar surface area (TPSA) is 67.2 Å². The molecule has 1 unspecified atom stereocenters. The zero-order valence-electron chi connectivity index (χ0n) is 19.9. The first-order chi connectivity index (χ1) is 17.4. The number of fused-ring (bicyclic) bond motifs is 1. The largest absolute Gasteiger partial charge is 0.321 e. The predicted octanol–water partition coefficient (Wildman–Crippen LogP) is 6.16. The van der Waals surface area contributed by atoms with E-state index in [0.717, 1.165) is 22.7 Å². The molecule has 182 valence electrons. The Balaban J connectivity index is 1.32. The van der Waals surface area contributed by atoms with E-state index < -0.39 is 0 Å². The van der Waals surface area contributed by atoms with Crippen molar-refractivity contribution in [2.24, 2.45) is 0 Å². The number of carbonyl (C=O) groups is 2. The van der Waals surface area contributed by atoms with Crippen LogP contribution in [0.25, 0.3) is 5.69 Å². The van der Waals surface area contributed by atoms with Gasteiger partial charge in [0.2, 0.25) is 5.91 Å². The zero-order chi connectivity index (χ0) is 25.2. The van der Waals surface area contributed by atoms with E-state index >= 15 is 0 Å². The molecule has 3 aromatic carbocycles. The number of hydrogen-bond acceptors (Lipinski definition) is 4. The molecule has 1 aliphatic rings. The van der Waals surface area contributed by atoms with Crippen molar-refractivity contribution >= 4 is 46.6 Å². The lowest BCUT2D eigenvalue weighted by Gasteiger charge is -2.22. The Morgan fingerprint density at radius 2 is 1.72 bits per heavy atom. The van der Waals surface area contributed by atoms with Crippen LogP contribution < -0.4 is 10.2 Å². The third-order valence-corrected chi connectivity index (χ3v) is 7.60. The molecule has 0 saturated carbocycles. The van der Waals surface area contributed by atoms with Gasteiger partial charge in [0.15, 0.2) is 0 Å². The molecule has 1 aromatic heterocycles. The van der Waals surface area contributed by atoms with Gasteiger partial charge in [0.05, 0.1) is 22.8 Å². The fourth-order valence-corrected chi connectivity index (χ4v) is 5.76. The van der Waals surface area contributed by atoms with Crippen LogP contribution in [0.3, 0.4) is 0 Å². The molecule has 5 rings (SSSR count). The molecule has 4 aromatic rings. The van der Waals surface area contributed by atoms with Gasteiger partial charge in [-0.25, -0.2) is 4.68 Å². The van der Waals surface area contributed by atoms with Crippen molar-refractivity contribution in [2.75, 3.05) is 16.0 Å². The maximum Gasteiger partial charge on any atom is 0.260 e. The second kappa shape index (κ2) is 10.2. The van der Waals surface area contributed by atoms with Gasteiger partial charge in [-0.15, -0.1) is 11.8 Å². The summed E-state index contributed by atoms with van der Waals surface area (Å²) < 4.78 is 1.56. The fourth-order valence-electron chi connectivity index (χ4n) is 4.53. The predicted molar refractivity (Wildman–Crippen MR) is 146 cm³/mol. The lowest BCUT2D eigenvalue weighted by atomic mass is 10.1. The van der Waals surface area contributed by atoms with Crippen LogP contribution in [-0.4, -0.2) is 33.4 Å². The fraction of sp³-hybridized carbons (Fsp3) is 0.179. The molecular formula is C28H25ClN4O2S. The second-order valence-corrected chi connectivity index (χ2v) is 10.1. The third kappa shape index (κ3) is 4.64. The highest BCUT2D eigenvalue weighted by Crippen LogP contribution is 2.34. The average Bonchev–Trinajstić information content (AvgIpc) is 3.38. The van der Waals surface area contributed by atoms with E-state index in [1.54, 1.807) is 11.6 Å². The minimum Gasteiger partial charge on any atom is -0.321 e. The second-order valence-electron chi connectivity index (χ2n) is 8.68. The number of aryl methyl sites for hydroxylation is 1. The first kappa shape index (κ1) is 24.2. The Morgan fingerprint density at radius 3 is 2.53 bits per heavy atom. The number of nitrogens with zero attached hydrogens (tertiary/aromatic N) is 3. The van der Waals surface area contributed by atoms with Crippen LogP contribution in [0.5, 0.6) is 0 Å². The number of hydrogen-bond donors (Lipinski definition) is 1. The monoisotopic (exact) mass is 516 g/mol. The Hall–Kier alpha value is -3.55. The van der Waals surface area contributed by atoms with Crippen molar-refractivity contribution in [3.8, 4) is 5.69 Å². The van der Waals surface area contributed by atoms with Crippen molar-refractivity contribution < 1.29 is 9.59 Å². The quantitative estimate of drug-likeness (QED) is 0.312. The molecule has 0 fully saturated rings. The maximum absolute atomic E-state index is 13.2. The minimum atomic E-state index is -0.346. The SMILES string of the molecule is Cc1nn(-c2ccccc2)c(Cl)c1C(=O)Nc1ccccc1SCC(=O)N1c2ccccc2CC1C. The summed E-state index contributed by atoms with van der Waals surface area (Å²) in [7, 11) is 0. The summed E-state index contributed by atoms with van der Waals surface area (Å²) in [6, 6.07) is 25.1. The molecule has 1 N–H and O–H groups in total. The van der Waals surface area contributed by atoms with Crippen molar-refractivity contribution in [3.63, 3.8) is 0 Å². The van der Waals surface area contributed by atoms with Gasteiger partial charge in [-0.2, -0.15) is 5.10 Å². The summed E-state index contributed by atoms with van der Waals surface area (Å²) in [6.07, 6.45) is 0.857. The Morgan fingerprint density at radius 1 is 1.03 bits per heavy atom. The Kier molecular flexibility index (Phi) is 6.85. The third-order valence-electron chi connectivity index (χ3n) is 6.19. The summed E-state index contributed by atoms with van der Waals surface area (Å²) in [6.45, 7) is 3.83. The van der Waals surface area contributed by atoms with E-state index in [1.807, 2.05) is 77.7 Å². The van der Waals surface area contributed by atoms with Crippen molar-refractivity contribution in [3.05, 3.63) is 101 Å². The smallest absolute Gasteiger partial charge is 0.260 e. The molecule has 0 radical (unpaired) electrons. The number of benzene rings is 3. The lowest BCUT2D eigenvalue weighted by Crippen LogP contribution is -2.36. The molecule has 36 heavy (non-hydrogen) atoms. The van der Waals surface area contributed by atoms with E-state index in [1.165, 1.54) is 17.3 Å². The van der Waals surface area contributed by atoms with Gasteiger partial charge in [-0.1, -0.05) is 60.1 Å². The summed E-state index contributed by atoms with van der Waals surface area (Å²) in [4.78, 5) is 29.1. The molecule has 2 amide bonds. The molecule has 1 aliphatic heterocycles. The Labute approximate surface area is 219 Å². The van der Waals surface area contributed by atoms with E-state index in [4.69, 9.17) is 11.6 Å². The number of aromatic nitrogens is 2. The average molecular weight is 517 g/mol. The first-order valence-electron chi connectivity index (χ1n) is 11.7. The molecule has 0 spiro atoms. The van der Waals surface area contributed by atoms with Crippen LogP contribution in [0.15, 0.2) is 83.8 Å². The summed E-state index contributed by atoms with van der Waals surface area (Å²) in [5, 5.41) is 7.68. The highest BCUT2D eigenvalue weighted by Gasteiger charge is 2.30. The van der Waals surface area contributed by atoms with E-state index in [0.29, 0.717) is 16.9 Å². The highest BCUT2D eigenvalue weighted by molar-refractivity contribution is 8.00. The van der Waals surface area contributed by atoms with Gasteiger partial charge in [0.25, 0.3) is 5.91 Å². The molecule has 8 heteroatoms. The van der Waals surface area contributed by atoms with Gasteiger partial charge in [-0.3, -0.25) is 9.59 Å². The number of thioether (sulfide) groups is 1. The van der Waals surface area contributed by atoms with Gasteiger partial charge >= 0.3 is 0 Å². The van der Waals surface area contributed by atoms with Crippen LogP contribution >= 0.6 is 23.4 Å². The Bertz CT molecular complexity index is 1440. The highest BCUT2D eigenvalue weighted by atomic mass is 35.5. The maximum atomic E-state index is 13.2. The van der Waals surface area contributed by atoms with E-state index in [9.17, 15) is 9.59 Å². The number of halogens is 1. The number of rotatable bonds is 6. The van der Waals surface area contributed by atoms with Gasteiger partial charge in [-0.05, 0) is 56.2 Å². The summed E-state index contributed by atoms with van der Waals surface area (Å²) in [5.41, 5.74) is 4.43. The number of carbonyl (C=O) groups excluding carboxylic acids is 2. The molecule has 0 bridgehead atoms.